The molecule has 1 aliphatic rings. The number of hydrogen-bond donors (Lipinski definition) is 1. The van der Waals surface area contributed by atoms with Crippen LogP contribution in [0.25, 0.3) is 0 Å². The highest BCUT2D eigenvalue weighted by atomic mass is 16.2. The Bertz CT molecular complexity index is 436. The van der Waals surface area contributed by atoms with Gasteiger partial charge < -0.3 is 10.2 Å². The van der Waals surface area contributed by atoms with Crippen molar-refractivity contribution >= 4 is 11.6 Å². The number of piperidine rings is 1. The average molecular weight is 260 g/mol. The number of carbonyl (C=O) groups excluding carboxylic acids is 1. The summed E-state index contributed by atoms with van der Waals surface area (Å²) in [5, 5.41) is 3.36. The van der Waals surface area contributed by atoms with E-state index in [9.17, 15) is 4.79 Å². The molecule has 3 heteroatoms. The monoisotopic (exact) mass is 260 g/mol. The number of nitrogens with one attached hydrogen (secondary N) is 1. The summed E-state index contributed by atoms with van der Waals surface area (Å²) in [4.78, 5) is 14.5. The van der Waals surface area contributed by atoms with Gasteiger partial charge in [0.05, 0.1) is 6.04 Å². The van der Waals surface area contributed by atoms with E-state index in [-0.39, 0.29) is 11.9 Å². The van der Waals surface area contributed by atoms with Gasteiger partial charge in [-0.3, -0.25) is 4.79 Å². The van der Waals surface area contributed by atoms with E-state index >= 15 is 0 Å². The molecule has 1 fully saturated rings. The Morgan fingerprint density at radius 2 is 1.95 bits per heavy atom. The van der Waals surface area contributed by atoms with Crippen LogP contribution in [-0.2, 0) is 4.79 Å². The molecule has 0 aromatic heterocycles. The number of carbonyl (C=O) groups is 1. The quantitative estimate of drug-likeness (QED) is 0.903. The van der Waals surface area contributed by atoms with Gasteiger partial charge in [0, 0.05) is 12.2 Å². The molecule has 0 spiro atoms. The summed E-state index contributed by atoms with van der Waals surface area (Å²) in [5.74, 6) is 0.227. The van der Waals surface area contributed by atoms with Crippen molar-refractivity contribution in [3.05, 3.63) is 29.3 Å². The van der Waals surface area contributed by atoms with Crippen LogP contribution in [0.1, 0.15) is 37.3 Å². The van der Waals surface area contributed by atoms with E-state index in [0.29, 0.717) is 0 Å². The molecule has 0 radical (unpaired) electrons. The van der Waals surface area contributed by atoms with E-state index in [2.05, 4.69) is 44.3 Å². The third-order valence-corrected chi connectivity index (χ3v) is 3.60. The normalized spacial score (nSPS) is 19.8. The number of benzene rings is 1. The smallest absolute Gasteiger partial charge is 0.244 e. The number of anilines is 1. The van der Waals surface area contributed by atoms with Crippen LogP contribution in [0.4, 0.5) is 5.69 Å². The summed E-state index contributed by atoms with van der Waals surface area (Å²) in [6.45, 7) is 8.04. The first-order valence-corrected chi connectivity index (χ1v) is 7.25. The lowest BCUT2D eigenvalue weighted by atomic mass is 10.0. The van der Waals surface area contributed by atoms with E-state index in [0.717, 1.165) is 38.0 Å². The number of aryl methyl sites for hydroxylation is 2. The van der Waals surface area contributed by atoms with Gasteiger partial charge in [-0.1, -0.05) is 13.0 Å². The van der Waals surface area contributed by atoms with Crippen LogP contribution < -0.4 is 10.2 Å². The molecule has 1 heterocycles. The minimum Gasteiger partial charge on any atom is -0.311 e. The minimum absolute atomic E-state index is 0.00508. The lowest BCUT2D eigenvalue weighted by Crippen LogP contribution is -2.51. The molecule has 104 valence electrons. The molecule has 1 aliphatic heterocycles. The van der Waals surface area contributed by atoms with Gasteiger partial charge in [0.15, 0.2) is 0 Å². The van der Waals surface area contributed by atoms with Crippen molar-refractivity contribution < 1.29 is 4.79 Å². The number of amides is 1. The van der Waals surface area contributed by atoms with Crippen LogP contribution in [0.3, 0.4) is 0 Å². The first-order chi connectivity index (χ1) is 9.11. The van der Waals surface area contributed by atoms with Crippen molar-refractivity contribution in [1.29, 1.82) is 0 Å². The summed E-state index contributed by atoms with van der Waals surface area (Å²) in [6.07, 6.45) is 3.09. The van der Waals surface area contributed by atoms with Crippen LogP contribution in [0.2, 0.25) is 0 Å². The highest BCUT2D eigenvalue weighted by Crippen LogP contribution is 2.23. The molecule has 1 aromatic rings. The fraction of sp³-hybridized carbons (Fsp3) is 0.562. The number of hydrogen-bond acceptors (Lipinski definition) is 2. The van der Waals surface area contributed by atoms with Crippen LogP contribution in [0.5, 0.6) is 0 Å². The van der Waals surface area contributed by atoms with Gasteiger partial charge in [0.2, 0.25) is 5.91 Å². The molecule has 1 atom stereocenters. The third-order valence-electron chi connectivity index (χ3n) is 3.60. The van der Waals surface area contributed by atoms with E-state index in [1.54, 1.807) is 0 Å². The van der Waals surface area contributed by atoms with Crippen LogP contribution >= 0.6 is 0 Å². The molecule has 1 N–H and O–H groups in total. The van der Waals surface area contributed by atoms with Gasteiger partial charge in [-0.15, -0.1) is 0 Å². The topological polar surface area (TPSA) is 32.3 Å². The second-order valence-electron chi connectivity index (χ2n) is 5.48. The second-order valence-corrected chi connectivity index (χ2v) is 5.48. The fourth-order valence-electron chi connectivity index (χ4n) is 2.75. The Kier molecular flexibility index (Phi) is 4.59. The summed E-state index contributed by atoms with van der Waals surface area (Å²) >= 11 is 0. The molecular formula is C16H24N2O. The maximum Gasteiger partial charge on any atom is 0.244 e. The Morgan fingerprint density at radius 3 is 2.58 bits per heavy atom. The zero-order chi connectivity index (χ0) is 13.8. The standard InChI is InChI=1S/C16H24N2O/c1-4-7-17-15-6-5-8-18(16(15)19)14-10-12(2)9-13(3)11-14/h9-11,15,17H,4-8H2,1-3H3. The average Bonchev–Trinajstić information content (AvgIpc) is 2.36. The molecular weight excluding hydrogens is 236 g/mol. The highest BCUT2D eigenvalue weighted by Gasteiger charge is 2.29. The second kappa shape index (κ2) is 6.20. The fourth-order valence-corrected chi connectivity index (χ4v) is 2.75. The zero-order valence-electron chi connectivity index (χ0n) is 12.2. The van der Waals surface area contributed by atoms with E-state index in [1.165, 1.54) is 11.1 Å². The van der Waals surface area contributed by atoms with Crippen molar-refractivity contribution in [2.24, 2.45) is 0 Å². The molecule has 1 saturated heterocycles. The number of rotatable bonds is 4. The van der Waals surface area contributed by atoms with Crippen LogP contribution in [0, 0.1) is 13.8 Å². The molecule has 3 nitrogen and oxygen atoms in total. The van der Waals surface area contributed by atoms with Gasteiger partial charge in [0.25, 0.3) is 0 Å². The predicted octanol–water partition coefficient (Wildman–Crippen LogP) is 2.80. The van der Waals surface area contributed by atoms with E-state index in [1.807, 2.05) is 4.90 Å². The lowest BCUT2D eigenvalue weighted by molar-refractivity contribution is -0.121. The predicted molar refractivity (Wildman–Crippen MR) is 79.6 cm³/mol. The Labute approximate surface area is 116 Å². The Morgan fingerprint density at radius 1 is 1.26 bits per heavy atom. The largest absolute Gasteiger partial charge is 0.311 e. The SMILES string of the molecule is CCCNC1CCCN(c2cc(C)cc(C)c2)C1=O. The summed E-state index contributed by atoms with van der Waals surface area (Å²) in [6, 6.07) is 6.35. The molecule has 0 aliphatic carbocycles. The van der Waals surface area contributed by atoms with E-state index < -0.39 is 0 Å². The maximum atomic E-state index is 12.5. The lowest BCUT2D eigenvalue weighted by Gasteiger charge is -2.33. The molecule has 2 rings (SSSR count). The maximum absolute atomic E-state index is 12.5. The Balaban J connectivity index is 2.16. The van der Waals surface area contributed by atoms with Gasteiger partial charge >= 0.3 is 0 Å². The molecule has 0 saturated carbocycles. The van der Waals surface area contributed by atoms with Crippen molar-refractivity contribution in [3.8, 4) is 0 Å². The molecule has 19 heavy (non-hydrogen) atoms. The molecule has 1 aromatic carbocycles. The summed E-state index contributed by atoms with van der Waals surface area (Å²) < 4.78 is 0. The zero-order valence-corrected chi connectivity index (χ0v) is 12.2. The van der Waals surface area contributed by atoms with Crippen LogP contribution in [-0.4, -0.2) is 25.0 Å². The van der Waals surface area contributed by atoms with Crippen molar-refractivity contribution in [1.82, 2.24) is 5.32 Å². The molecule has 1 unspecified atom stereocenters. The third kappa shape index (κ3) is 3.35. The highest BCUT2D eigenvalue weighted by molar-refractivity contribution is 5.98. The molecule has 0 bridgehead atoms. The summed E-state index contributed by atoms with van der Waals surface area (Å²) in [5.41, 5.74) is 3.48. The van der Waals surface area contributed by atoms with Gasteiger partial charge in [-0.05, 0) is 62.9 Å². The first kappa shape index (κ1) is 14.1. The van der Waals surface area contributed by atoms with Gasteiger partial charge in [0.1, 0.15) is 0 Å². The molecule has 1 amide bonds. The van der Waals surface area contributed by atoms with E-state index in [4.69, 9.17) is 0 Å². The minimum atomic E-state index is -0.00508. The van der Waals surface area contributed by atoms with Crippen molar-refractivity contribution in [2.75, 3.05) is 18.0 Å². The Hall–Kier alpha value is -1.35. The van der Waals surface area contributed by atoms with Crippen molar-refractivity contribution in [2.45, 2.75) is 46.1 Å². The number of nitrogens with zero attached hydrogens (tertiary/aromatic N) is 1. The summed E-state index contributed by atoms with van der Waals surface area (Å²) in [7, 11) is 0. The van der Waals surface area contributed by atoms with Gasteiger partial charge in [-0.2, -0.15) is 0 Å². The first-order valence-electron chi connectivity index (χ1n) is 7.25. The van der Waals surface area contributed by atoms with Gasteiger partial charge in [-0.25, -0.2) is 0 Å². The van der Waals surface area contributed by atoms with Crippen LogP contribution in [0.15, 0.2) is 18.2 Å². The van der Waals surface area contributed by atoms with Crippen molar-refractivity contribution in [3.63, 3.8) is 0 Å².